The number of rotatable bonds is 4. The summed E-state index contributed by atoms with van der Waals surface area (Å²) in [5.74, 6) is 2.70. The van der Waals surface area contributed by atoms with Gasteiger partial charge in [-0.25, -0.2) is 0 Å². The van der Waals surface area contributed by atoms with Crippen LogP contribution in [0.3, 0.4) is 0 Å². The summed E-state index contributed by atoms with van der Waals surface area (Å²) in [4.78, 5) is 20.1. The Hall–Kier alpha value is -3.35. The average molecular weight is 577 g/mol. The molecule has 3 aromatic rings. The molecule has 4 saturated carbocycles. The molecule has 5 fully saturated rings. The number of amidine groups is 1. The molecule has 42 heavy (non-hydrogen) atoms. The number of nitrogens with zero attached hydrogens (tertiary/aromatic N) is 2. The standard InChI is InChI=1S/C36H36N2O3S/c39-32-7-6-28(19-31(32)36-20-24-12-25(21-36)14-26(13-24)22-36)30-16-23(15-29(18-30)27-4-2-1-3-5-27)17-33-34(40)37-35(42-33)38-8-10-41-11-9-38/h1-7,15-19,24-26,39H,8-14,20-22H2. The zero-order chi connectivity index (χ0) is 28.3. The molecule has 0 unspecified atom stereocenters. The van der Waals surface area contributed by atoms with Crippen molar-refractivity contribution in [2.24, 2.45) is 22.7 Å². The van der Waals surface area contributed by atoms with E-state index in [1.165, 1.54) is 50.3 Å². The van der Waals surface area contributed by atoms with Gasteiger partial charge in [-0.1, -0.05) is 36.4 Å². The van der Waals surface area contributed by atoms with Gasteiger partial charge in [-0.3, -0.25) is 4.79 Å². The number of hydrogen-bond acceptors (Lipinski definition) is 5. The SMILES string of the molecule is O=C1N=C(N2CCOCC2)SC1=Cc1cc(-c2ccccc2)cc(-c2ccc(O)c(C34CC5CC(CC(C5)C3)C4)c2)c1. The van der Waals surface area contributed by atoms with Crippen molar-refractivity contribution in [1.82, 2.24) is 4.90 Å². The minimum absolute atomic E-state index is 0.108. The minimum atomic E-state index is -0.179. The zero-order valence-electron chi connectivity index (χ0n) is 23.8. The van der Waals surface area contributed by atoms with Crippen LogP contribution in [0.15, 0.2) is 76.6 Å². The van der Waals surface area contributed by atoms with E-state index in [-0.39, 0.29) is 11.3 Å². The van der Waals surface area contributed by atoms with E-state index in [0.717, 1.165) is 69.4 Å². The first-order valence-corrected chi connectivity index (χ1v) is 16.2. The van der Waals surface area contributed by atoms with E-state index in [0.29, 0.717) is 23.9 Å². The van der Waals surface area contributed by atoms with E-state index in [2.05, 4.69) is 64.5 Å². The lowest BCUT2D eigenvalue weighted by Crippen LogP contribution is -2.48. The monoisotopic (exact) mass is 576 g/mol. The van der Waals surface area contributed by atoms with Gasteiger partial charge in [0.2, 0.25) is 0 Å². The normalized spacial score (nSPS) is 29.4. The highest BCUT2D eigenvalue weighted by Gasteiger charge is 2.52. The summed E-state index contributed by atoms with van der Waals surface area (Å²) in [5, 5.41) is 12.0. The first-order chi connectivity index (χ1) is 20.5. The predicted octanol–water partition coefficient (Wildman–Crippen LogP) is 7.50. The first-order valence-electron chi connectivity index (χ1n) is 15.4. The second kappa shape index (κ2) is 10.4. The molecule has 4 aliphatic carbocycles. The molecule has 6 heteroatoms. The minimum Gasteiger partial charge on any atom is -0.508 e. The van der Waals surface area contributed by atoms with Crippen LogP contribution in [0.1, 0.15) is 49.7 Å². The van der Waals surface area contributed by atoms with Crippen molar-refractivity contribution in [2.75, 3.05) is 26.3 Å². The van der Waals surface area contributed by atoms with Gasteiger partial charge < -0.3 is 14.7 Å². The summed E-state index contributed by atoms with van der Waals surface area (Å²) in [5.41, 5.74) is 6.69. The van der Waals surface area contributed by atoms with Crippen molar-refractivity contribution in [3.8, 4) is 28.0 Å². The summed E-state index contributed by atoms with van der Waals surface area (Å²) in [7, 11) is 0. The lowest BCUT2D eigenvalue weighted by Gasteiger charge is -2.57. The molecule has 0 radical (unpaired) electrons. The summed E-state index contributed by atoms with van der Waals surface area (Å²) in [6.45, 7) is 2.83. The number of aromatic hydroxyl groups is 1. The average Bonchev–Trinajstić information content (AvgIpc) is 3.37. The molecular weight excluding hydrogens is 540 g/mol. The number of aliphatic imine (C=N–C) groups is 1. The van der Waals surface area contributed by atoms with Gasteiger partial charge in [0.25, 0.3) is 5.91 Å². The highest BCUT2D eigenvalue weighted by Crippen LogP contribution is 2.62. The Balaban J connectivity index is 1.18. The van der Waals surface area contributed by atoms with Gasteiger partial charge in [0, 0.05) is 18.7 Å². The quantitative estimate of drug-likeness (QED) is 0.326. The van der Waals surface area contributed by atoms with Crippen molar-refractivity contribution < 1.29 is 14.6 Å². The fraction of sp³-hybridized carbons (Fsp3) is 0.389. The lowest BCUT2D eigenvalue weighted by molar-refractivity contribution is -0.113. The third-order valence-corrected chi connectivity index (χ3v) is 11.2. The second-order valence-electron chi connectivity index (χ2n) is 13.0. The molecule has 0 aromatic heterocycles. The fourth-order valence-corrected chi connectivity index (χ4v) is 9.68. The number of hydrogen-bond donors (Lipinski definition) is 1. The number of phenolic OH excluding ortho intramolecular Hbond substituents is 1. The van der Waals surface area contributed by atoms with Gasteiger partial charge >= 0.3 is 0 Å². The van der Waals surface area contributed by atoms with E-state index < -0.39 is 0 Å². The summed E-state index contributed by atoms with van der Waals surface area (Å²) in [6.07, 6.45) is 9.76. The van der Waals surface area contributed by atoms with E-state index in [1.54, 1.807) is 0 Å². The smallest absolute Gasteiger partial charge is 0.286 e. The van der Waals surface area contributed by atoms with Crippen LogP contribution in [0.2, 0.25) is 0 Å². The Bertz CT molecular complexity index is 1570. The highest BCUT2D eigenvalue weighted by molar-refractivity contribution is 8.18. The van der Waals surface area contributed by atoms with Crippen LogP contribution < -0.4 is 0 Å². The van der Waals surface area contributed by atoms with Crippen LogP contribution in [0.4, 0.5) is 0 Å². The van der Waals surface area contributed by atoms with E-state index in [9.17, 15) is 9.90 Å². The number of benzene rings is 3. The number of amides is 1. The Labute approximate surface area is 251 Å². The van der Waals surface area contributed by atoms with Gasteiger partial charge in [0.05, 0.1) is 18.1 Å². The molecule has 214 valence electrons. The number of phenols is 1. The van der Waals surface area contributed by atoms with Crippen LogP contribution in [0, 0.1) is 17.8 Å². The molecule has 9 rings (SSSR count). The zero-order valence-corrected chi connectivity index (χ0v) is 24.6. The third-order valence-electron chi connectivity index (χ3n) is 10.2. The molecule has 1 N–H and O–H groups in total. The van der Waals surface area contributed by atoms with Crippen molar-refractivity contribution in [1.29, 1.82) is 0 Å². The number of carbonyl (C=O) groups is 1. The topological polar surface area (TPSA) is 62.1 Å². The summed E-state index contributed by atoms with van der Waals surface area (Å²) < 4.78 is 5.48. The number of morpholine rings is 1. The molecule has 3 aromatic carbocycles. The fourth-order valence-electron chi connectivity index (χ4n) is 8.72. The molecule has 1 amide bonds. The van der Waals surface area contributed by atoms with Crippen molar-refractivity contribution in [3.63, 3.8) is 0 Å². The van der Waals surface area contributed by atoms with Gasteiger partial charge in [-0.2, -0.15) is 4.99 Å². The number of ether oxygens (including phenoxy) is 1. The molecule has 1 saturated heterocycles. The Morgan fingerprint density at radius 3 is 2.19 bits per heavy atom. The Kier molecular flexibility index (Phi) is 6.53. The first kappa shape index (κ1) is 26.3. The van der Waals surface area contributed by atoms with E-state index in [1.807, 2.05) is 18.2 Å². The van der Waals surface area contributed by atoms with Crippen molar-refractivity contribution >= 4 is 28.9 Å². The van der Waals surface area contributed by atoms with Gasteiger partial charge in [0.1, 0.15) is 5.75 Å². The number of carbonyl (C=O) groups excluding carboxylic acids is 1. The Morgan fingerprint density at radius 2 is 1.50 bits per heavy atom. The largest absolute Gasteiger partial charge is 0.508 e. The maximum Gasteiger partial charge on any atom is 0.286 e. The molecule has 6 aliphatic rings. The van der Waals surface area contributed by atoms with Crippen LogP contribution in [0.25, 0.3) is 28.3 Å². The van der Waals surface area contributed by atoms with Crippen LogP contribution in [-0.4, -0.2) is 47.4 Å². The van der Waals surface area contributed by atoms with Crippen molar-refractivity contribution in [2.45, 2.75) is 43.9 Å². The lowest BCUT2D eigenvalue weighted by atomic mass is 9.48. The Morgan fingerprint density at radius 1 is 0.833 bits per heavy atom. The third kappa shape index (κ3) is 4.79. The van der Waals surface area contributed by atoms with Crippen molar-refractivity contribution in [3.05, 3.63) is 82.8 Å². The molecule has 2 aliphatic heterocycles. The van der Waals surface area contributed by atoms with Gasteiger partial charge in [0.15, 0.2) is 5.17 Å². The second-order valence-corrected chi connectivity index (χ2v) is 14.1. The van der Waals surface area contributed by atoms with Gasteiger partial charge in [-0.15, -0.1) is 0 Å². The molecular formula is C36H36N2O3S. The van der Waals surface area contributed by atoms with Crippen LogP contribution in [0.5, 0.6) is 5.75 Å². The van der Waals surface area contributed by atoms with Crippen LogP contribution >= 0.6 is 11.8 Å². The molecule has 2 heterocycles. The molecule has 0 spiro atoms. The maximum absolute atomic E-state index is 13.0. The van der Waals surface area contributed by atoms with E-state index >= 15 is 0 Å². The van der Waals surface area contributed by atoms with Gasteiger partial charge in [-0.05, 0) is 138 Å². The van der Waals surface area contributed by atoms with E-state index in [4.69, 9.17) is 4.74 Å². The highest BCUT2D eigenvalue weighted by atomic mass is 32.2. The predicted molar refractivity (Wildman–Crippen MR) is 169 cm³/mol. The molecule has 4 bridgehead atoms. The molecule has 0 atom stereocenters. The maximum atomic E-state index is 13.0. The summed E-state index contributed by atoms with van der Waals surface area (Å²) >= 11 is 1.46. The number of thioether (sulfide) groups is 1. The van der Waals surface area contributed by atoms with Crippen LogP contribution in [-0.2, 0) is 14.9 Å². The molecule has 5 nitrogen and oxygen atoms in total. The summed E-state index contributed by atoms with van der Waals surface area (Å²) in [6, 6.07) is 23.2.